The van der Waals surface area contributed by atoms with Crippen LogP contribution >= 0.6 is 0 Å². The molecule has 226 valence electrons. The monoisotopic (exact) mass is 622 g/mol. The lowest BCUT2D eigenvalue weighted by Crippen LogP contribution is -1.98. The van der Waals surface area contributed by atoms with Gasteiger partial charge in [0.1, 0.15) is 11.5 Å². The lowest BCUT2D eigenvalue weighted by molar-refractivity contribution is 0.487. The van der Waals surface area contributed by atoms with Crippen molar-refractivity contribution in [2.45, 2.75) is 0 Å². The molecule has 3 heteroatoms. The summed E-state index contributed by atoms with van der Waals surface area (Å²) in [7, 11) is 0. The molecule has 0 amide bonds. The standard InChI is InChI=1S/C46H26N2O/c47-26-30-18-21-38-37-20-17-29(23-45(37)49-44-16-8-15-32(30)46(38)44)43-22-19-31(27-48-43)40-25-42-35-13-6-4-11-33(35)39(28-9-2-1-3-10-28)24-41(42)36-14-7-5-12-34(36)40/h1-25,27H. The number of hydrogen-bond acceptors (Lipinski definition) is 3. The van der Waals surface area contributed by atoms with Gasteiger partial charge in [-0.05, 0) is 97.0 Å². The van der Waals surface area contributed by atoms with Crippen molar-refractivity contribution in [3.63, 3.8) is 0 Å². The van der Waals surface area contributed by atoms with Crippen molar-refractivity contribution < 1.29 is 4.74 Å². The van der Waals surface area contributed by atoms with Crippen LogP contribution in [0.2, 0.25) is 0 Å². The number of benzene rings is 8. The lowest BCUT2D eigenvalue weighted by Gasteiger charge is -2.22. The first-order valence-corrected chi connectivity index (χ1v) is 16.4. The maximum absolute atomic E-state index is 9.65. The van der Waals surface area contributed by atoms with Crippen LogP contribution in [0.15, 0.2) is 158 Å². The predicted octanol–water partition coefficient (Wildman–Crippen LogP) is 12.3. The summed E-state index contributed by atoms with van der Waals surface area (Å²) >= 11 is 0. The fraction of sp³-hybridized carbons (Fsp3) is 0. The smallest absolute Gasteiger partial charge is 0.135 e. The first-order chi connectivity index (χ1) is 24.2. The fourth-order valence-electron chi connectivity index (χ4n) is 7.66. The van der Waals surface area contributed by atoms with Crippen LogP contribution in [-0.4, -0.2) is 4.98 Å². The second kappa shape index (κ2) is 10.6. The molecule has 1 aliphatic rings. The topological polar surface area (TPSA) is 45.9 Å². The molecule has 0 saturated heterocycles. The van der Waals surface area contributed by atoms with Gasteiger partial charge in [-0.25, -0.2) is 0 Å². The summed E-state index contributed by atoms with van der Waals surface area (Å²) in [6.07, 6.45) is 1.99. The number of fused-ring (bicyclic) bond motifs is 7. The van der Waals surface area contributed by atoms with Crippen LogP contribution in [0, 0.1) is 11.3 Å². The van der Waals surface area contributed by atoms with Gasteiger partial charge in [0, 0.05) is 33.7 Å². The fourth-order valence-corrected chi connectivity index (χ4v) is 7.66. The molecule has 10 rings (SSSR count). The third kappa shape index (κ3) is 4.18. The van der Waals surface area contributed by atoms with E-state index in [1.54, 1.807) is 0 Å². The van der Waals surface area contributed by atoms with E-state index in [-0.39, 0.29) is 0 Å². The summed E-state index contributed by atoms with van der Waals surface area (Å²) in [5, 5.41) is 18.9. The van der Waals surface area contributed by atoms with E-state index in [0.717, 1.165) is 55.8 Å². The quantitative estimate of drug-likeness (QED) is 0.184. The van der Waals surface area contributed by atoms with Crippen LogP contribution in [0.4, 0.5) is 0 Å². The van der Waals surface area contributed by atoms with E-state index < -0.39 is 0 Å². The van der Waals surface area contributed by atoms with Crippen molar-refractivity contribution in [2.24, 2.45) is 0 Å². The summed E-state index contributed by atoms with van der Waals surface area (Å²) in [5.41, 5.74) is 9.30. The zero-order chi connectivity index (χ0) is 32.5. The number of nitriles is 1. The molecule has 0 bridgehead atoms. The number of ether oxygens (including phenoxy) is 1. The number of hydrogen-bond donors (Lipinski definition) is 0. The van der Waals surface area contributed by atoms with Crippen LogP contribution in [0.3, 0.4) is 0 Å². The summed E-state index contributed by atoms with van der Waals surface area (Å²) in [6, 6.07) is 55.5. The molecule has 0 N–H and O–H groups in total. The Hall–Kier alpha value is -6.76. The molecule has 1 aromatic heterocycles. The highest BCUT2D eigenvalue weighted by atomic mass is 16.5. The maximum atomic E-state index is 9.65. The SMILES string of the molecule is N#Cc1ccc2c3c(cccc13)Oc1cc(-c3ccc(-c4cc5c6ccccc6c(-c6ccccc6)cc5c5ccccc45)cn3)ccc1-2. The molecule has 2 heterocycles. The van der Waals surface area contributed by atoms with Crippen molar-refractivity contribution in [1.29, 1.82) is 5.26 Å². The molecule has 1 aliphatic heterocycles. The minimum absolute atomic E-state index is 0.651. The van der Waals surface area contributed by atoms with Crippen molar-refractivity contribution in [1.82, 2.24) is 4.98 Å². The second-order valence-electron chi connectivity index (χ2n) is 12.6. The largest absolute Gasteiger partial charge is 0.456 e. The molecule has 0 saturated carbocycles. The molecule has 0 fully saturated rings. The molecular weight excluding hydrogens is 597 g/mol. The summed E-state index contributed by atoms with van der Waals surface area (Å²) in [4.78, 5) is 4.99. The summed E-state index contributed by atoms with van der Waals surface area (Å²) in [6.45, 7) is 0. The van der Waals surface area contributed by atoms with Gasteiger partial charge in [-0.3, -0.25) is 4.98 Å². The minimum Gasteiger partial charge on any atom is -0.456 e. The van der Waals surface area contributed by atoms with E-state index >= 15 is 0 Å². The number of pyridine rings is 1. The Morgan fingerprint density at radius 2 is 1.06 bits per heavy atom. The van der Waals surface area contributed by atoms with E-state index in [9.17, 15) is 5.26 Å². The molecule has 0 spiro atoms. The molecule has 0 radical (unpaired) electrons. The van der Waals surface area contributed by atoms with Gasteiger partial charge >= 0.3 is 0 Å². The molecule has 49 heavy (non-hydrogen) atoms. The molecule has 9 aromatic rings. The Morgan fingerprint density at radius 3 is 1.76 bits per heavy atom. The minimum atomic E-state index is 0.651. The lowest BCUT2D eigenvalue weighted by atomic mass is 9.88. The second-order valence-corrected chi connectivity index (χ2v) is 12.6. The average Bonchev–Trinajstić information content (AvgIpc) is 3.17. The van der Waals surface area contributed by atoms with E-state index in [1.165, 1.54) is 43.4 Å². The molecule has 8 aromatic carbocycles. The van der Waals surface area contributed by atoms with Crippen LogP contribution < -0.4 is 4.74 Å². The first kappa shape index (κ1) is 27.4. The Balaban J connectivity index is 1.09. The van der Waals surface area contributed by atoms with Crippen molar-refractivity contribution in [2.75, 3.05) is 0 Å². The van der Waals surface area contributed by atoms with Crippen molar-refractivity contribution in [3.05, 3.63) is 163 Å². The predicted molar refractivity (Wildman–Crippen MR) is 201 cm³/mol. The molecule has 0 aliphatic carbocycles. The van der Waals surface area contributed by atoms with Crippen molar-refractivity contribution in [3.8, 4) is 62.2 Å². The Labute approximate surface area is 282 Å². The van der Waals surface area contributed by atoms with E-state index in [1.807, 2.05) is 36.5 Å². The van der Waals surface area contributed by atoms with E-state index in [0.29, 0.717) is 5.56 Å². The number of aromatic nitrogens is 1. The highest BCUT2D eigenvalue weighted by molar-refractivity contribution is 6.23. The molecular formula is C46H26N2O. The van der Waals surface area contributed by atoms with Crippen LogP contribution in [0.5, 0.6) is 11.5 Å². The third-order valence-electron chi connectivity index (χ3n) is 9.95. The summed E-state index contributed by atoms with van der Waals surface area (Å²) in [5.74, 6) is 1.56. The highest BCUT2D eigenvalue weighted by Gasteiger charge is 2.22. The van der Waals surface area contributed by atoms with Crippen LogP contribution in [0.25, 0.3) is 87.7 Å². The van der Waals surface area contributed by atoms with Gasteiger partial charge in [-0.15, -0.1) is 0 Å². The van der Waals surface area contributed by atoms with Crippen molar-refractivity contribution >= 4 is 43.1 Å². The number of nitrogens with zero attached hydrogens (tertiary/aromatic N) is 2. The third-order valence-corrected chi connectivity index (χ3v) is 9.95. The van der Waals surface area contributed by atoms with Gasteiger partial charge in [0.15, 0.2) is 0 Å². The van der Waals surface area contributed by atoms with E-state index in [2.05, 4.69) is 127 Å². The number of rotatable bonds is 3. The van der Waals surface area contributed by atoms with Gasteiger partial charge < -0.3 is 4.74 Å². The van der Waals surface area contributed by atoms with Gasteiger partial charge in [0.25, 0.3) is 0 Å². The average molecular weight is 623 g/mol. The van der Waals surface area contributed by atoms with Gasteiger partial charge in [0.05, 0.1) is 17.3 Å². The van der Waals surface area contributed by atoms with Gasteiger partial charge in [-0.1, -0.05) is 109 Å². The normalized spacial score (nSPS) is 11.8. The zero-order valence-corrected chi connectivity index (χ0v) is 26.3. The van der Waals surface area contributed by atoms with Gasteiger partial charge in [0.2, 0.25) is 0 Å². The Kier molecular flexibility index (Phi) is 5.94. The van der Waals surface area contributed by atoms with E-state index in [4.69, 9.17) is 9.72 Å². The van der Waals surface area contributed by atoms with Gasteiger partial charge in [-0.2, -0.15) is 5.26 Å². The zero-order valence-electron chi connectivity index (χ0n) is 26.3. The maximum Gasteiger partial charge on any atom is 0.135 e. The van der Waals surface area contributed by atoms with Crippen LogP contribution in [-0.2, 0) is 0 Å². The Bertz CT molecular complexity index is 2850. The summed E-state index contributed by atoms with van der Waals surface area (Å²) < 4.78 is 6.43. The van der Waals surface area contributed by atoms with Crippen LogP contribution in [0.1, 0.15) is 5.56 Å². The molecule has 3 nitrogen and oxygen atoms in total. The first-order valence-electron chi connectivity index (χ1n) is 16.4. The highest BCUT2D eigenvalue weighted by Crippen LogP contribution is 2.48. The Morgan fingerprint density at radius 1 is 0.429 bits per heavy atom. The molecule has 0 unspecified atom stereocenters. The molecule has 0 atom stereocenters.